The van der Waals surface area contributed by atoms with Gasteiger partial charge in [0.15, 0.2) is 0 Å². The lowest BCUT2D eigenvalue weighted by Crippen LogP contribution is -2.12. The summed E-state index contributed by atoms with van der Waals surface area (Å²) in [7, 11) is 0. The van der Waals surface area contributed by atoms with Crippen molar-refractivity contribution < 1.29 is 0 Å². The molecule has 0 bridgehead atoms. The number of nitrogen functional groups attached to an aromatic ring is 1. The van der Waals surface area contributed by atoms with Gasteiger partial charge in [-0.3, -0.25) is 0 Å². The zero-order valence-electron chi connectivity index (χ0n) is 9.91. The molecule has 0 fully saturated rings. The van der Waals surface area contributed by atoms with Crippen molar-refractivity contribution >= 4 is 22.3 Å². The van der Waals surface area contributed by atoms with Gasteiger partial charge in [-0.1, -0.05) is 12.1 Å². The third-order valence-corrected chi connectivity index (χ3v) is 2.46. The number of nitrogens with one attached hydrogen (secondary N) is 1. The Morgan fingerprint density at radius 2 is 2.00 bits per heavy atom. The molecule has 1 aromatic carbocycles. The van der Waals surface area contributed by atoms with Gasteiger partial charge in [0, 0.05) is 28.2 Å². The van der Waals surface area contributed by atoms with Crippen molar-refractivity contribution in [1.29, 1.82) is 0 Å². The van der Waals surface area contributed by atoms with Crippen LogP contribution in [0.1, 0.15) is 19.5 Å². The molecule has 3 N–H and O–H groups in total. The Morgan fingerprint density at radius 3 is 2.69 bits per heavy atom. The number of nitrogens with zero attached hydrogens (tertiary/aromatic N) is 1. The summed E-state index contributed by atoms with van der Waals surface area (Å²) in [5.74, 6) is 0.914. The molecule has 0 aliphatic heterocycles. The van der Waals surface area contributed by atoms with Crippen LogP contribution in [0.25, 0.3) is 10.8 Å². The summed E-state index contributed by atoms with van der Waals surface area (Å²) in [6.45, 7) is 6.18. The Labute approximate surface area is 95.7 Å². The van der Waals surface area contributed by atoms with E-state index in [2.05, 4.69) is 24.1 Å². The molecule has 0 spiro atoms. The fourth-order valence-corrected chi connectivity index (χ4v) is 1.81. The molecule has 16 heavy (non-hydrogen) atoms. The average Bonchev–Trinajstić information content (AvgIpc) is 2.18. The SMILES string of the molecule is Cc1cc2c(N)cccc2c(NC(C)C)n1. The molecule has 1 aromatic heterocycles. The molecule has 2 rings (SSSR count). The second-order valence-electron chi connectivity index (χ2n) is 4.35. The fraction of sp³-hybridized carbons (Fsp3) is 0.308. The number of hydrogen-bond acceptors (Lipinski definition) is 3. The molecule has 0 saturated carbocycles. The van der Waals surface area contributed by atoms with Crippen LogP contribution in [0.15, 0.2) is 24.3 Å². The quantitative estimate of drug-likeness (QED) is 0.757. The molecule has 1 heterocycles. The maximum absolute atomic E-state index is 5.97. The summed E-state index contributed by atoms with van der Waals surface area (Å²) >= 11 is 0. The van der Waals surface area contributed by atoms with Crippen molar-refractivity contribution in [2.45, 2.75) is 26.8 Å². The van der Waals surface area contributed by atoms with Crippen LogP contribution in [-0.4, -0.2) is 11.0 Å². The van der Waals surface area contributed by atoms with Gasteiger partial charge in [-0.05, 0) is 32.9 Å². The largest absolute Gasteiger partial charge is 0.398 e. The smallest absolute Gasteiger partial charge is 0.134 e. The lowest BCUT2D eigenvalue weighted by molar-refractivity contribution is 0.890. The van der Waals surface area contributed by atoms with Crippen LogP contribution in [0, 0.1) is 6.92 Å². The van der Waals surface area contributed by atoms with E-state index in [4.69, 9.17) is 5.73 Å². The molecule has 0 aliphatic rings. The Balaban J connectivity index is 2.68. The molecular weight excluding hydrogens is 198 g/mol. The highest BCUT2D eigenvalue weighted by atomic mass is 15.0. The number of benzene rings is 1. The molecule has 0 radical (unpaired) electrons. The Bertz CT molecular complexity index is 518. The van der Waals surface area contributed by atoms with Gasteiger partial charge < -0.3 is 11.1 Å². The topological polar surface area (TPSA) is 50.9 Å². The van der Waals surface area contributed by atoms with Crippen molar-refractivity contribution in [3.05, 3.63) is 30.0 Å². The van der Waals surface area contributed by atoms with Gasteiger partial charge in [-0.2, -0.15) is 0 Å². The van der Waals surface area contributed by atoms with Gasteiger partial charge in [0.2, 0.25) is 0 Å². The summed E-state index contributed by atoms with van der Waals surface area (Å²) < 4.78 is 0. The van der Waals surface area contributed by atoms with Gasteiger partial charge >= 0.3 is 0 Å². The summed E-state index contributed by atoms with van der Waals surface area (Å²) in [5, 5.41) is 5.50. The van der Waals surface area contributed by atoms with Gasteiger partial charge in [0.1, 0.15) is 5.82 Å². The minimum atomic E-state index is 0.360. The van der Waals surface area contributed by atoms with E-state index in [1.165, 1.54) is 0 Å². The number of pyridine rings is 1. The molecule has 2 aromatic rings. The van der Waals surface area contributed by atoms with E-state index < -0.39 is 0 Å². The van der Waals surface area contributed by atoms with Crippen molar-refractivity contribution in [1.82, 2.24) is 4.98 Å². The second-order valence-corrected chi connectivity index (χ2v) is 4.35. The minimum absolute atomic E-state index is 0.360. The summed E-state index contributed by atoms with van der Waals surface area (Å²) in [6.07, 6.45) is 0. The molecule has 3 nitrogen and oxygen atoms in total. The first-order valence-electron chi connectivity index (χ1n) is 5.50. The van der Waals surface area contributed by atoms with Crippen LogP contribution >= 0.6 is 0 Å². The molecule has 3 heteroatoms. The number of nitrogens with two attached hydrogens (primary N) is 1. The van der Waals surface area contributed by atoms with Gasteiger partial charge in [-0.25, -0.2) is 4.98 Å². The van der Waals surface area contributed by atoms with Crippen molar-refractivity contribution in [2.75, 3.05) is 11.1 Å². The van der Waals surface area contributed by atoms with Gasteiger partial charge in [-0.15, -0.1) is 0 Å². The van der Waals surface area contributed by atoms with Crippen molar-refractivity contribution in [3.8, 4) is 0 Å². The summed E-state index contributed by atoms with van der Waals surface area (Å²) in [4.78, 5) is 4.52. The predicted octanol–water partition coefficient (Wildman–Crippen LogP) is 2.95. The van der Waals surface area contributed by atoms with Crippen LogP contribution in [0.2, 0.25) is 0 Å². The van der Waals surface area contributed by atoms with E-state index in [9.17, 15) is 0 Å². The fourth-order valence-electron chi connectivity index (χ4n) is 1.81. The first-order valence-corrected chi connectivity index (χ1v) is 5.50. The van der Waals surface area contributed by atoms with Crippen LogP contribution in [0.4, 0.5) is 11.5 Å². The number of hydrogen-bond donors (Lipinski definition) is 2. The molecule has 0 unspecified atom stereocenters. The Kier molecular flexibility index (Phi) is 2.69. The lowest BCUT2D eigenvalue weighted by Gasteiger charge is -2.13. The molecule has 84 valence electrons. The second kappa shape index (κ2) is 4.00. The van der Waals surface area contributed by atoms with E-state index >= 15 is 0 Å². The van der Waals surface area contributed by atoms with Gasteiger partial charge in [0.05, 0.1) is 0 Å². The molecular formula is C13H17N3. The molecule has 0 saturated heterocycles. The highest BCUT2D eigenvalue weighted by Gasteiger charge is 2.06. The third-order valence-electron chi connectivity index (χ3n) is 2.46. The first-order chi connectivity index (χ1) is 7.58. The monoisotopic (exact) mass is 215 g/mol. The summed E-state index contributed by atoms with van der Waals surface area (Å²) in [5.41, 5.74) is 7.75. The lowest BCUT2D eigenvalue weighted by atomic mass is 10.1. The highest BCUT2D eigenvalue weighted by molar-refractivity contribution is 5.99. The third kappa shape index (κ3) is 1.94. The van der Waals surface area contributed by atoms with E-state index in [1.54, 1.807) is 0 Å². The maximum atomic E-state index is 5.97. The number of rotatable bonds is 2. The Hall–Kier alpha value is -1.77. The normalized spacial score (nSPS) is 11.0. The zero-order chi connectivity index (χ0) is 11.7. The van der Waals surface area contributed by atoms with Crippen LogP contribution in [-0.2, 0) is 0 Å². The van der Waals surface area contributed by atoms with Crippen LogP contribution in [0.3, 0.4) is 0 Å². The minimum Gasteiger partial charge on any atom is -0.398 e. The number of anilines is 2. The average molecular weight is 215 g/mol. The first kappa shape index (κ1) is 10.7. The number of aryl methyl sites for hydroxylation is 1. The van der Waals surface area contributed by atoms with Crippen LogP contribution in [0.5, 0.6) is 0 Å². The molecule has 0 aliphatic carbocycles. The predicted molar refractivity (Wildman–Crippen MR) is 69.7 cm³/mol. The molecule has 0 amide bonds. The Morgan fingerprint density at radius 1 is 1.25 bits per heavy atom. The van der Waals surface area contributed by atoms with E-state index in [-0.39, 0.29) is 0 Å². The van der Waals surface area contributed by atoms with E-state index in [0.717, 1.165) is 28.0 Å². The zero-order valence-corrected chi connectivity index (χ0v) is 9.91. The van der Waals surface area contributed by atoms with Crippen LogP contribution < -0.4 is 11.1 Å². The van der Waals surface area contributed by atoms with E-state index in [0.29, 0.717) is 6.04 Å². The maximum Gasteiger partial charge on any atom is 0.134 e. The molecule has 0 atom stereocenters. The van der Waals surface area contributed by atoms with Crippen molar-refractivity contribution in [3.63, 3.8) is 0 Å². The number of aromatic nitrogens is 1. The standard InChI is InChI=1S/C13H17N3/c1-8(2)15-13-10-5-4-6-12(14)11(10)7-9(3)16-13/h4-8H,14H2,1-3H3,(H,15,16). The summed E-state index contributed by atoms with van der Waals surface area (Å²) in [6, 6.07) is 8.30. The van der Waals surface area contributed by atoms with Crippen molar-refractivity contribution in [2.24, 2.45) is 0 Å². The number of fused-ring (bicyclic) bond motifs is 1. The van der Waals surface area contributed by atoms with E-state index in [1.807, 2.05) is 31.2 Å². The highest BCUT2D eigenvalue weighted by Crippen LogP contribution is 2.27. The van der Waals surface area contributed by atoms with Gasteiger partial charge in [0.25, 0.3) is 0 Å².